The molecule has 2 atom stereocenters. The molecule has 0 spiro atoms. The summed E-state index contributed by atoms with van der Waals surface area (Å²) >= 11 is 0. The molecule has 4 nitrogen and oxygen atoms in total. The number of rotatable bonds is 3. The van der Waals surface area contributed by atoms with Crippen molar-refractivity contribution >= 4 is 11.6 Å². The van der Waals surface area contributed by atoms with Crippen LogP contribution in [0.25, 0.3) is 0 Å². The van der Waals surface area contributed by atoms with Crippen LogP contribution in [0.15, 0.2) is 18.2 Å². The predicted octanol–water partition coefficient (Wildman–Crippen LogP) is 2.48. The van der Waals surface area contributed by atoms with Gasteiger partial charge in [-0.05, 0) is 49.9 Å². The molecule has 1 aromatic rings. The van der Waals surface area contributed by atoms with E-state index in [2.05, 4.69) is 22.8 Å². The highest BCUT2D eigenvalue weighted by atomic mass is 16.5. The molecule has 0 saturated carbocycles. The summed E-state index contributed by atoms with van der Waals surface area (Å²) in [6, 6.07) is 6.70. The second kappa shape index (κ2) is 5.83. The molecule has 0 aromatic heterocycles. The van der Waals surface area contributed by atoms with Gasteiger partial charge in [0.1, 0.15) is 5.75 Å². The Morgan fingerprint density at radius 1 is 1.35 bits per heavy atom. The van der Waals surface area contributed by atoms with E-state index >= 15 is 0 Å². The van der Waals surface area contributed by atoms with Gasteiger partial charge in [-0.1, -0.05) is 19.4 Å². The second-order valence-electron chi connectivity index (χ2n) is 5.69. The van der Waals surface area contributed by atoms with Crippen molar-refractivity contribution in [3.05, 3.63) is 23.8 Å². The minimum Gasteiger partial charge on any atom is -0.478 e. The first-order valence-electron chi connectivity index (χ1n) is 7.60. The van der Waals surface area contributed by atoms with E-state index in [9.17, 15) is 4.79 Å². The number of benzene rings is 1. The van der Waals surface area contributed by atoms with Crippen molar-refractivity contribution in [3.63, 3.8) is 0 Å². The molecular formula is C16H22N2O2. The van der Waals surface area contributed by atoms with E-state index in [-0.39, 0.29) is 12.0 Å². The summed E-state index contributed by atoms with van der Waals surface area (Å²) < 4.78 is 5.71. The lowest BCUT2D eigenvalue weighted by Gasteiger charge is -2.27. The van der Waals surface area contributed by atoms with E-state index in [4.69, 9.17) is 4.74 Å². The Bertz CT molecular complexity index is 495. The number of nitrogens with one attached hydrogen (secondary N) is 2. The monoisotopic (exact) mass is 274 g/mol. The Hall–Kier alpha value is -1.55. The molecular weight excluding hydrogens is 252 g/mol. The third-order valence-corrected chi connectivity index (χ3v) is 4.13. The number of ether oxygens (including phenoxy) is 1. The molecule has 108 valence electrons. The molecule has 1 fully saturated rings. The summed E-state index contributed by atoms with van der Waals surface area (Å²) in [5.74, 6) is 0.754. The van der Waals surface area contributed by atoms with Crippen molar-refractivity contribution in [2.24, 2.45) is 0 Å². The molecule has 1 saturated heterocycles. The highest BCUT2D eigenvalue weighted by molar-refractivity contribution is 5.97. The molecule has 2 heterocycles. The summed E-state index contributed by atoms with van der Waals surface area (Å²) in [7, 11) is 0. The van der Waals surface area contributed by atoms with Crippen molar-refractivity contribution in [1.29, 1.82) is 0 Å². The SMILES string of the molecule is CCC1Oc2ccc(CC3CCCCN3)cc2NC1=O. The lowest BCUT2D eigenvalue weighted by molar-refractivity contribution is -0.123. The van der Waals surface area contributed by atoms with Crippen molar-refractivity contribution in [1.82, 2.24) is 5.32 Å². The molecule has 4 heteroatoms. The predicted molar refractivity (Wildman–Crippen MR) is 79.1 cm³/mol. The first kappa shape index (κ1) is 13.4. The fourth-order valence-electron chi connectivity index (χ4n) is 2.98. The van der Waals surface area contributed by atoms with E-state index in [1.165, 1.54) is 24.8 Å². The van der Waals surface area contributed by atoms with Gasteiger partial charge < -0.3 is 15.4 Å². The standard InChI is InChI=1S/C16H22N2O2/c1-2-14-16(19)18-13-10-11(6-7-15(13)20-14)9-12-5-3-4-8-17-12/h6-7,10,12,14,17H,2-5,8-9H2,1H3,(H,18,19). The number of anilines is 1. The van der Waals surface area contributed by atoms with Gasteiger partial charge >= 0.3 is 0 Å². The zero-order valence-electron chi connectivity index (χ0n) is 11.9. The van der Waals surface area contributed by atoms with Gasteiger partial charge in [0.05, 0.1) is 5.69 Å². The van der Waals surface area contributed by atoms with Gasteiger partial charge in [0.25, 0.3) is 5.91 Å². The lowest BCUT2D eigenvalue weighted by Crippen LogP contribution is -2.37. The Kier molecular flexibility index (Phi) is 3.92. The van der Waals surface area contributed by atoms with Crippen LogP contribution in [0.3, 0.4) is 0 Å². The fraction of sp³-hybridized carbons (Fsp3) is 0.562. The zero-order valence-corrected chi connectivity index (χ0v) is 11.9. The van der Waals surface area contributed by atoms with E-state index in [0.717, 1.165) is 24.4 Å². The van der Waals surface area contributed by atoms with E-state index < -0.39 is 0 Å². The number of amides is 1. The topological polar surface area (TPSA) is 50.4 Å². The number of hydrogen-bond acceptors (Lipinski definition) is 3. The molecule has 0 bridgehead atoms. The molecule has 0 aliphatic carbocycles. The van der Waals surface area contributed by atoms with Crippen LogP contribution in [0, 0.1) is 0 Å². The summed E-state index contributed by atoms with van der Waals surface area (Å²) in [6.07, 6.45) is 5.18. The van der Waals surface area contributed by atoms with Gasteiger partial charge in [0.15, 0.2) is 6.10 Å². The number of fused-ring (bicyclic) bond motifs is 1. The molecule has 2 aliphatic heterocycles. The number of carbonyl (C=O) groups is 1. The lowest BCUT2D eigenvalue weighted by atomic mass is 9.97. The quantitative estimate of drug-likeness (QED) is 0.890. The van der Waals surface area contributed by atoms with Crippen molar-refractivity contribution in [2.45, 2.75) is 51.2 Å². The Morgan fingerprint density at radius 2 is 2.25 bits per heavy atom. The third kappa shape index (κ3) is 2.80. The second-order valence-corrected chi connectivity index (χ2v) is 5.69. The van der Waals surface area contributed by atoms with Crippen LogP contribution in [0.2, 0.25) is 0 Å². The van der Waals surface area contributed by atoms with Gasteiger partial charge in [0, 0.05) is 6.04 Å². The number of carbonyl (C=O) groups excluding carboxylic acids is 1. The maximum Gasteiger partial charge on any atom is 0.265 e. The van der Waals surface area contributed by atoms with Crippen LogP contribution in [-0.2, 0) is 11.2 Å². The van der Waals surface area contributed by atoms with E-state index in [0.29, 0.717) is 12.5 Å². The molecule has 1 amide bonds. The van der Waals surface area contributed by atoms with Gasteiger partial charge in [-0.2, -0.15) is 0 Å². The molecule has 2 N–H and O–H groups in total. The average Bonchev–Trinajstić information content (AvgIpc) is 2.47. The van der Waals surface area contributed by atoms with Crippen LogP contribution in [0.5, 0.6) is 5.75 Å². The van der Waals surface area contributed by atoms with E-state index in [1.807, 2.05) is 13.0 Å². The summed E-state index contributed by atoms with van der Waals surface area (Å²) in [6.45, 7) is 3.08. The van der Waals surface area contributed by atoms with Crippen LogP contribution in [0.4, 0.5) is 5.69 Å². The fourth-order valence-corrected chi connectivity index (χ4v) is 2.98. The van der Waals surface area contributed by atoms with Crippen molar-refractivity contribution in [3.8, 4) is 5.75 Å². The van der Waals surface area contributed by atoms with Crippen molar-refractivity contribution < 1.29 is 9.53 Å². The smallest absolute Gasteiger partial charge is 0.265 e. The van der Waals surface area contributed by atoms with Crippen LogP contribution in [-0.4, -0.2) is 24.6 Å². The highest BCUT2D eigenvalue weighted by Gasteiger charge is 2.26. The van der Waals surface area contributed by atoms with Crippen LogP contribution < -0.4 is 15.4 Å². The summed E-state index contributed by atoms with van der Waals surface area (Å²) in [4.78, 5) is 11.8. The average molecular weight is 274 g/mol. The van der Waals surface area contributed by atoms with E-state index in [1.54, 1.807) is 0 Å². The normalized spacial score (nSPS) is 25.6. The number of piperidine rings is 1. The van der Waals surface area contributed by atoms with Gasteiger partial charge in [0.2, 0.25) is 0 Å². The van der Waals surface area contributed by atoms with Gasteiger partial charge in [-0.25, -0.2) is 0 Å². The Labute approximate surface area is 119 Å². The Morgan fingerprint density at radius 3 is 3.00 bits per heavy atom. The minimum atomic E-state index is -0.353. The molecule has 2 aliphatic rings. The zero-order chi connectivity index (χ0) is 13.9. The first-order chi connectivity index (χ1) is 9.76. The molecule has 1 aromatic carbocycles. The molecule has 2 unspecified atom stereocenters. The Balaban J connectivity index is 1.72. The van der Waals surface area contributed by atoms with Crippen molar-refractivity contribution in [2.75, 3.05) is 11.9 Å². The largest absolute Gasteiger partial charge is 0.478 e. The molecule has 0 radical (unpaired) electrons. The van der Waals surface area contributed by atoms with Gasteiger partial charge in [-0.3, -0.25) is 4.79 Å². The maximum atomic E-state index is 11.8. The summed E-state index contributed by atoms with van der Waals surface area (Å²) in [5.41, 5.74) is 2.06. The minimum absolute atomic E-state index is 0.0343. The van der Waals surface area contributed by atoms with Crippen LogP contribution in [0.1, 0.15) is 38.2 Å². The third-order valence-electron chi connectivity index (χ3n) is 4.13. The van der Waals surface area contributed by atoms with Crippen LogP contribution >= 0.6 is 0 Å². The summed E-state index contributed by atoms with van der Waals surface area (Å²) in [5, 5.41) is 6.51. The highest BCUT2D eigenvalue weighted by Crippen LogP contribution is 2.31. The maximum absolute atomic E-state index is 11.8. The first-order valence-corrected chi connectivity index (χ1v) is 7.60. The number of hydrogen-bond donors (Lipinski definition) is 2. The van der Waals surface area contributed by atoms with Gasteiger partial charge in [-0.15, -0.1) is 0 Å². The molecule has 20 heavy (non-hydrogen) atoms. The molecule has 3 rings (SSSR count).